The molecule has 1 aliphatic carbocycles. The van der Waals surface area contributed by atoms with Crippen LogP contribution in [-0.4, -0.2) is 22.8 Å². The molecular formula is C14H16F3N3O. The molecule has 0 bridgehead atoms. The van der Waals surface area contributed by atoms with Crippen molar-refractivity contribution in [3.05, 3.63) is 23.8 Å². The lowest BCUT2D eigenvalue weighted by atomic mass is 10.1. The minimum Gasteiger partial charge on any atom is -0.381 e. The van der Waals surface area contributed by atoms with Crippen molar-refractivity contribution in [2.45, 2.75) is 37.6 Å². The number of anilines is 1. The molecule has 4 nitrogen and oxygen atoms in total. The molecule has 1 saturated carbocycles. The normalized spacial score (nSPS) is 23.0. The Morgan fingerprint density at radius 2 is 2.10 bits per heavy atom. The lowest BCUT2D eigenvalue weighted by Gasteiger charge is -2.15. The first-order valence-corrected chi connectivity index (χ1v) is 6.77. The summed E-state index contributed by atoms with van der Waals surface area (Å²) in [5, 5.41) is 0. The highest BCUT2D eigenvalue weighted by molar-refractivity contribution is 5.79. The smallest absolute Gasteiger partial charge is 0.381 e. The first-order valence-electron chi connectivity index (χ1n) is 6.77. The van der Waals surface area contributed by atoms with Gasteiger partial charge >= 0.3 is 6.18 Å². The van der Waals surface area contributed by atoms with Crippen LogP contribution in [-0.2, 0) is 10.9 Å². The molecular weight excluding hydrogens is 283 g/mol. The van der Waals surface area contributed by atoms with E-state index in [4.69, 9.17) is 10.5 Å². The van der Waals surface area contributed by atoms with E-state index in [1.807, 2.05) is 4.57 Å². The molecule has 1 aliphatic rings. The number of methoxy groups -OCH3 is 1. The average molecular weight is 299 g/mol. The summed E-state index contributed by atoms with van der Waals surface area (Å²) >= 11 is 0. The van der Waals surface area contributed by atoms with Crippen LogP contribution >= 0.6 is 0 Å². The molecule has 2 unspecified atom stereocenters. The van der Waals surface area contributed by atoms with Crippen LogP contribution in [0, 0.1) is 0 Å². The van der Waals surface area contributed by atoms with Gasteiger partial charge in [0.1, 0.15) is 0 Å². The number of imidazole rings is 1. The van der Waals surface area contributed by atoms with Crippen molar-refractivity contribution in [2.75, 3.05) is 12.8 Å². The van der Waals surface area contributed by atoms with E-state index in [0.717, 1.165) is 31.4 Å². The van der Waals surface area contributed by atoms with Crippen molar-refractivity contribution >= 4 is 17.0 Å². The minimum absolute atomic E-state index is 0.122. The fraction of sp³-hybridized carbons (Fsp3) is 0.500. The minimum atomic E-state index is -4.37. The van der Waals surface area contributed by atoms with Gasteiger partial charge in [0.25, 0.3) is 0 Å². The van der Waals surface area contributed by atoms with Crippen LogP contribution in [0.3, 0.4) is 0 Å². The summed E-state index contributed by atoms with van der Waals surface area (Å²) in [7, 11) is 1.66. The summed E-state index contributed by atoms with van der Waals surface area (Å²) in [4.78, 5) is 4.08. The molecule has 3 rings (SSSR count). The molecule has 0 aliphatic heterocycles. The number of benzene rings is 1. The Hall–Kier alpha value is -1.76. The Kier molecular flexibility index (Phi) is 3.32. The molecule has 0 saturated heterocycles. The number of nitrogens with two attached hydrogens (primary N) is 1. The second kappa shape index (κ2) is 4.91. The zero-order chi connectivity index (χ0) is 15.2. The number of alkyl halides is 3. The molecule has 2 aromatic rings. The van der Waals surface area contributed by atoms with Gasteiger partial charge < -0.3 is 15.0 Å². The van der Waals surface area contributed by atoms with E-state index in [9.17, 15) is 13.2 Å². The van der Waals surface area contributed by atoms with Gasteiger partial charge in [0.15, 0.2) is 0 Å². The molecule has 1 fully saturated rings. The molecule has 2 N–H and O–H groups in total. The fourth-order valence-corrected chi connectivity index (χ4v) is 3.04. The monoisotopic (exact) mass is 299 g/mol. The van der Waals surface area contributed by atoms with Gasteiger partial charge in [0, 0.05) is 13.2 Å². The molecule has 2 atom stereocenters. The first kappa shape index (κ1) is 14.2. The van der Waals surface area contributed by atoms with E-state index in [0.29, 0.717) is 5.52 Å². The van der Waals surface area contributed by atoms with E-state index >= 15 is 0 Å². The first-order chi connectivity index (χ1) is 9.90. The highest BCUT2D eigenvalue weighted by Crippen LogP contribution is 2.37. The van der Waals surface area contributed by atoms with Crippen LogP contribution in [0.5, 0.6) is 0 Å². The summed E-state index contributed by atoms with van der Waals surface area (Å²) in [6.45, 7) is 0. The Bertz CT molecular complexity index is 665. The van der Waals surface area contributed by atoms with Crippen molar-refractivity contribution in [3.63, 3.8) is 0 Å². The van der Waals surface area contributed by atoms with E-state index in [1.165, 1.54) is 6.07 Å². The summed E-state index contributed by atoms with van der Waals surface area (Å²) < 4.78 is 45.4. The predicted molar refractivity (Wildman–Crippen MR) is 72.8 cm³/mol. The Morgan fingerprint density at radius 3 is 2.71 bits per heavy atom. The van der Waals surface area contributed by atoms with E-state index in [2.05, 4.69) is 4.98 Å². The molecule has 0 spiro atoms. The second-order valence-corrected chi connectivity index (χ2v) is 5.37. The lowest BCUT2D eigenvalue weighted by Crippen LogP contribution is -2.11. The van der Waals surface area contributed by atoms with Crippen molar-refractivity contribution in [1.82, 2.24) is 9.55 Å². The summed E-state index contributed by atoms with van der Waals surface area (Å²) in [6.07, 6.45) is -1.61. The van der Waals surface area contributed by atoms with Gasteiger partial charge in [0.05, 0.1) is 22.7 Å². The molecule has 1 aromatic heterocycles. The largest absolute Gasteiger partial charge is 0.416 e. The van der Waals surface area contributed by atoms with Crippen LogP contribution in [0.1, 0.15) is 30.9 Å². The van der Waals surface area contributed by atoms with Crippen LogP contribution < -0.4 is 5.73 Å². The number of hydrogen-bond donors (Lipinski definition) is 1. The molecule has 1 aromatic carbocycles. The number of aromatic nitrogens is 2. The Labute approximate surface area is 119 Å². The third kappa shape index (κ3) is 2.46. The zero-order valence-electron chi connectivity index (χ0n) is 11.5. The van der Waals surface area contributed by atoms with Gasteiger partial charge in [0.2, 0.25) is 5.95 Å². The highest BCUT2D eigenvalue weighted by atomic mass is 19.4. The second-order valence-electron chi connectivity index (χ2n) is 5.37. The highest BCUT2D eigenvalue weighted by Gasteiger charge is 2.32. The maximum Gasteiger partial charge on any atom is 0.416 e. The molecule has 1 heterocycles. The topological polar surface area (TPSA) is 53.1 Å². The molecule has 0 amide bonds. The summed E-state index contributed by atoms with van der Waals surface area (Å²) in [5.41, 5.74) is 6.12. The third-order valence-corrected chi connectivity index (χ3v) is 4.10. The Balaban J connectivity index is 2.02. The van der Waals surface area contributed by atoms with Crippen LogP contribution in [0.4, 0.5) is 19.1 Å². The van der Waals surface area contributed by atoms with Crippen LogP contribution in [0.15, 0.2) is 18.2 Å². The van der Waals surface area contributed by atoms with E-state index in [1.54, 1.807) is 7.11 Å². The van der Waals surface area contributed by atoms with Gasteiger partial charge in [-0.25, -0.2) is 4.98 Å². The Morgan fingerprint density at radius 1 is 1.33 bits per heavy atom. The van der Waals surface area contributed by atoms with E-state index in [-0.39, 0.29) is 23.6 Å². The molecule has 21 heavy (non-hydrogen) atoms. The van der Waals surface area contributed by atoms with Gasteiger partial charge in [-0.1, -0.05) is 0 Å². The van der Waals surface area contributed by atoms with Crippen LogP contribution in [0.2, 0.25) is 0 Å². The summed E-state index contributed by atoms with van der Waals surface area (Å²) in [5.74, 6) is 0.256. The van der Waals surface area contributed by atoms with Crippen LogP contribution in [0.25, 0.3) is 11.0 Å². The number of nitrogen functional groups attached to an aromatic ring is 1. The molecule has 7 heteroatoms. The predicted octanol–water partition coefficient (Wildman–Crippen LogP) is 3.38. The standard InChI is InChI=1S/C14H16F3N3O/c1-21-10-4-3-9(7-10)20-12-5-2-8(14(15,16)17)6-11(12)19-13(20)18/h2,5-6,9-10H,3-4,7H2,1H3,(H2,18,19). The number of ether oxygens (including phenoxy) is 1. The maximum absolute atomic E-state index is 12.7. The quantitative estimate of drug-likeness (QED) is 0.925. The fourth-order valence-electron chi connectivity index (χ4n) is 3.04. The van der Waals surface area contributed by atoms with Gasteiger partial charge in [-0.05, 0) is 37.5 Å². The maximum atomic E-state index is 12.7. The molecule has 114 valence electrons. The van der Waals surface area contributed by atoms with Crippen molar-refractivity contribution in [3.8, 4) is 0 Å². The van der Waals surface area contributed by atoms with Gasteiger partial charge in [-0.2, -0.15) is 13.2 Å². The number of rotatable bonds is 2. The third-order valence-electron chi connectivity index (χ3n) is 4.10. The van der Waals surface area contributed by atoms with E-state index < -0.39 is 11.7 Å². The number of hydrogen-bond acceptors (Lipinski definition) is 3. The number of fused-ring (bicyclic) bond motifs is 1. The van der Waals surface area contributed by atoms with Crippen molar-refractivity contribution in [1.29, 1.82) is 0 Å². The summed E-state index contributed by atoms with van der Waals surface area (Å²) in [6, 6.07) is 3.69. The average Bonchev–Trinajstić information content (AvgIpc) is 2.99. The number of halogens is 3. The SMILES string of the molecule is COC1CCC(n2c(N)nc3cc(C(F)(F)F)ccc32)C1. The molecule has 0 radical (unpaired) electrons. The lowest BCUT2D eigenvalue weighted by molar-refractivity contribution is -0.137. The van der Waals surface area contributed by atoms with Gasteiger partial charge in [-0.15, -0.1) is 0 Å². The van der Waals surface area contributed by atoms with Crippen molar-refractivity contribution < 1.29 is 17.9 Å². The van der Waals surface area contributed by atoms with Crippen molar-refractivity contribution in [2.24, 2.45) is 0 Å². The van der Waals surface area contributed by atoms with Gasteiger partial charge in [-0.3, -0.25) is 0 Å². The number of nitrogens with zero attached hydrogens (tertiary/aromatic N) is 2. The zero-order valence-corrected chi connectivity index (χ0v) is 11.5.